The van der Waals surface area contributed by atoms with Crippen LogP contribution in [0.4, 0.5) is 5.69 Å². The Morgan fingerprint density at radius 3 is 2.46 bits per heavy atom. The highest BCUT2D eigenvalue weighted by atomic mass is 32.2. The molecule has 0 aliphatic rings. The Morgan fingerprint density at radius 2 is 1.81 bits per heavy atom. The third-order valence-electron chi connectivity index (χ3n) is 3.48. The molecule has 0 heterocycles. The van der Waals surface area contributed by atoms with Crippen LogP contribution in [0.15, 0.2) is 47.4 Å². The normalized spacial score (nSPS) is 10.3. The van der Waals surface area contributed by atoms with Gasteiger partial charge in [0, 0.05) is 29.3 Å². The van der Waals surface area contributed by atoms with Crippen LogP contribution in [0.5, 0.6) is 17.2 Å². The van der Waals surface area contributed by atoms with Gasteiger partial charge >= 0.3 is 0 Å². The van der Waals surface area contributed by atoms with E-state index in [1.165, 1.54) is 0 Å². The molecule has 2 rings (SSSR count). The summed E-state index contributed by atoms with van der Waals surface area (Å²) in [5.74, 6) is 2.73. The Kier molecular flexibility index (Phi) is 8.11. The van der Waals surface area contributed by atoms with Crippen molar-refractivity contribution in [2.75, 3.05) is 38.4 Å². The summed E-state index contributed by atoms with van der Waals surface area (Å²) in [6, 6.07) is 12.9. The Balaban J connectivity index is 1.78. The number of methoxy groups -OCH3 is 2. The van der Waals surface area contributed by atoms with Gasteiger partial charge in [-0.3, -0.25) is 4.79 Å². The second kappa shape index (κ2) is 10.6. The summed E-state index contributed by atoms with van der Waals surface area (Å²) >= 11 is 1.59. The lowest BCUT2D eigenvalue weighted by molar-refractivity contribution is -0.115. The van der Waals surface area contributed by atoms with Crippen molar-refractivity contribution >= 4 is 23.4 Å². The monoisotopic (exact) mass is 376 g/mol. The molecule has 0 atom stereocenters. The van der Waals surface area contributed by atoms with Gasteiger partial charge in [0.1, 0.15) is 12.4 Å². The molecule has 7 heteroatoms. The minimum atomic E-state index is -0.0337. The van der Waals surface area contributed by atoms with Crippen molar-refractivity contribution in [1.29, 1.82) is 0 Å². The molecular weight excluding hydrogens is 352 g/mol. The first kappa shape index (κ1) is 19.9. The van der Waals surface area contributed by atoms with Crippen LogP contribution in [-0.4, -0.2) is 39.0 Å². The lowest BCUT2D eigenvalue weighted by Gasteiger charge is -2.10. The van der Waals surface area contributed by atoms with E-state index in [1.54, 1.807) is 26.0 Å². The van der Waals surface area contributed by atoms with Gasteiger partial charge in [-0.05, 0) is 42.5 Å². The molecule has 0 bridgehead atoms. The summed E-state index contributed by atoms with van der Waals surface area (Å²) in [5.41, 5.74) is 6.14. The predicted molar refractivity (Wildman–Crippen MR) is 105 cm³/mol. The van der Waals surface area contributed by atoms with Crippen molar-refractivity contribution in [2.24, 2.45) is 5.73 Å². The molecule has 0 unspecified atom stereocenters. The molecule has 26 heavy (non-hydrogen) atoms. The van der Waals surface area contributed by atoms with Gasteiger partial charge in [0.2, 0.25) is 5.91 Å². The highest BCUT2D eigenvalue weighted by Gasteiger charge is 2.07. The second-order valence-electron chi connectivity index (χ2n) is 5.32. The molecule has 0 aliphatic carbocycles. The maximum absolute atomic E-state index is 12.1. The minimum Gasteiger partial charge on any atom is -0.493 e. The number of nitrogens with two attached hydrogens (primary N) is 1. The number of carbonyl (C=O) groups excluding carboxylic acids is 1. The smallest absolute Gasteiger partial charge is 0.225 e. The van der Waals surface area contributed by atoms with Crippen molar-refractivity contribution in [1.82, 2.24) is 0 Å². The van der Waals surface area contributed by atoms with Crippen LogP contribution in [0.1, 0.15) is 6.42 Å². The quantitative estimate of drug-likeness (QED) is 0.620. The fourth-order valence-electron chi connectivity index (χ4n) is 2.20. The van der Waals surface area contributed by atoms with E-state index < -0.39 is 0 Å². The molecule has 0 saturated heterocycles. The zero-order chi connectivity index (χ0) is 18.8. The molecule has 0 fully saturated rings. The largest absolute Gasteiger partial charge is 0.493 e. The maximum Gasteiger partial charge on any atom is 0.225 e. The van der Waals surface area contributed by atoms with Crippen LogP contribution in [0.3, 0.4) is 0 Å². The first-order chi connectivity index (χ1) is 12.7. The molecule has 2 aromatic carbocycles. The molecule has 3 N–H and O–H groups in total. The highest BCUT2D eigenvalue weighted by molar-refractivity contribution is 7.99. The van der Waals surface area contributed by atoms with Gasteiger partial charge in [-0.2, -0.15) is 0 Å². The van der Waals surface area contributed by atoms with Crippen LogP contribution in [-0.2, 0) is 4.79 Å². The Bertz CT molecular complexity index is 707. The molecule has 0 saturated carbocycles. The Labute approximate surface area is 158 Å². The molecule has 6 nitrogen and oxygen atoms in total. The topological polar surface area (TPSA) is 82.8 Å². The van der Waals surface area contributed by atoms with Crippen molar-refractivity contribution in [3.63, 3.8) is 0 Å². The fourth-order valence-corrected chi connectivity index (χ4v) is 3.08. The predicted octanol–water partition coefficient (Wildman–Crippen LogP) is 3.16. The van der Waals surface area contributed by atoms with Crippen LogP contribution in [0.25, 0.3) is 0 Å². The van der Waals surface area contributed by atoms with E-state index in [0.717, 1.165) is 16.3 Å². The average molecular weight is 376 g/mol. The number of hydrogen-bond acceptors (Lipinski definition) is 6. The number of anilines is 1. The van der Waals surface area contributed by atoms with Gasteiger partial charge in [0.15, 0.2) is 11.5 Å². The van der Waals surface area contributed by atoms with Crippen molar-refractivity contribution in [2.45, 2.75) is 11.3 Å². The van der Waals surface area contributed by atoms with Gasteiger partial charge in [-0.25, -0.2) is 0 Å². The second-order valence-corrected chi connectivity index (χ2v) is 6.49. The van der Waals surface area contributed by atoms with Gasteiger partial charge in [0.25, 0.3) is 0 Å². The van der Waals surface area contributed by atoms with E-state index in [0.29, 0.717) is 36.8 Å². The number of rotatable bonds is 10. The van der Waals surface area contributed by atoms with E-state index >= 15 is 0 Å². The van der Waals surface area contributed by atoms with Gasteiger partial charge in [-0.1, -0.05) is 0 Å². The molecular formula is C19H24N2O4S. The number of benzene rings is 2. The Hall–Kier alpha value is -2.38. The molecule has 2 aromatic rings. The molecule has 0 radical (unpaired) electrons. The summed E-state index contributed by atoms with van der Waals surface area (Å²) in [7, 11) is 3.21. The van der Waals surface area contributed by atoms with Gasteiger partial charge < -0.3 is 25.3 Å². The van der Waals surface area contributed by atoms with E-state index in [4.69, 9.17) is 19.9 Å². The third-order valence-corrected chi connectivity index (χ3v) is 4.47. The third kappa shape index (κ3) is 6.16. The van der Waals surface area contributed by atoms with E-state index in [1.807, 2.05) is 42.5 Å². The first-order valence-electron chi connectivity index (χ1n) is 8.24. The van der Waals surface area contributed by atoms with Crippen LogP contribution in [0.2, 0.25) is 0 Å². The van der Waals surface area contributed by atoms with E-state index in [9.17, 15) is 4.79 Å². The zero-order valence-electron chi connectivity index (χ0n) is 15.0. The number of thioether (sulfide) groups is 1. The summed E-state index contributed by atoms with van der Waals surface area (Å²) in [5, 5.41) is 2.88. The SMILES string of the molecule is COc1ccc(SCCC(=O)Nc2ccc(OCCN)cc2)cc1OC. The number of ether oxygens (including phenoxy) is 3. The van der Waals surface area contributed by atoms with E-state index in [-0.39, 0.29) is 5.91 Å². The summed E-state index contributed by atoms with van der Waals surface area (Å²) in [4.78, 5) is 13.1. The minimum absolute atomic E-state index is 0.0337. The lowest BCUT2D eigenvalue weighted by atomic mass is 10.3. The highest BCUT2D eigenvalue weighted by Crippen LogP contribution is 2.32. The molecule has 0 aromatic heterocycles. The van der Waals surface area contributed by atoms with E-state index in [2.05, 4.69) is 5.32 Å². The first-order valence-corrected chi connectivity index (χ1v) is 9.22. The summed E-state index contributed by atoms with van der Waals surface area (Å²) in [6.45, 7) is 0.940. The average Bonchev–Trinajstić information content (AvgIpc) is 2.67. The van der Waals surface area contributed by atoms with Gasteiger partial charge in [-0.15, -0.1) is 11.8 Å². The Morgan fingerprint density at radius 1 is 1.08 bits per heavy atom. The number of amides is 1. The fraction of sp³-hybridized carbons (Fsp3) is 0.316. The maximum atomic E-state index is 12.1. The van der Waals surface area contributed by atoms with Crippen LogP contribution >= 0.6 is 11.8 Å². The number of carbonyl (C=O) groups is 1. The number of nitrogens with one attached hydrogen (secondary N) is 1. The van der Waals surface area contributed by atoms with Gasteiger partial charge in [0.05, 0.1) is 14.2 Å². The van der Waals surface area contributed by atoms with Crippen LogP contribution < -0.4 is 25.3 Å². The molecule has 1 amide bonds. The summed E-state index contributed by atoms with van der Waals surface area (Å²) in [6.07, 6.45) is 0.407. The number of hydrogen-bond donors (Lipinski definition) is 2. The molecule has 140 valence electrons. The van der Waals surface area contributed by atoms with Crippen molar-refractivity contribution < 1.29 is 19.0 Å². The van der Waals surface area contributed by atoms with Crippen molar-refractivity contribution in [3.8, 4) is 17.2 Å². The summed E-state index contributed by atoms with van der Waals surface area (Å²) < 4.78 is 15.9. The van der Waals surface area contributed by atoms with Crippen LogP contribution in [0, 0.1) is 0 Å². The molecule has 0 aliphatic heterocycles. The standard InChI is InChI=1S/C19H24N2O4S/c1-23-17-8-7-16(13-18(17)24-2)26-12-9-19(22)21-14-3-5-15(6-4-14)25-11-10-20/h3-8,13H,9-12,20H2,1-2H3,(H,21,22). The lowest BCUT2D eigenvalue weighted by Crippen LogP contribution is -2.12. The van der Waals surface area contributed by atoms with Crippen molar-refractivity contribution in [3.05, 3.63) is 42.5 Å². The zero-order valence-corrected chi connectivity index (χ0v) is 15.8. The molecule has 0 spiro atoms.